The van der Waals surface area contributed by atoms with E-state index >= 15 is 0 Å². The third-order valence-electron chi connectivity index (χ3n) is 5.13. The first kappa shape index (κ1) is 20.7. The Kier molecular flexibility index (Phi) is 4.87. The number of benzene rings is 2. The van der Waals surface area contributed by atoms with Crippen molar-refractivity contribution in [3.63, 3.8) is 0 Å². The molecule has 1 aliphatic heterocycles. The number of ether oxygens (including phenoxy) is 1. The van der Waals surface area contributed by atoms with Crippen LogP contribution >= 0.6 is 0 Å². The molecule has 3 N–H and O–H groups in total. The van der Waals surface area contributed by atoms with Gasteiger partial charge in [0, 0.05) is 24.2 Å². The van der Waals surface area contributed by atoms with E-state index in [1.165, 1.54) is 11.0 Å². The average molecular weight is 431 g/mol. The molecule has 31 heavy (non-hydrogen) atoms. The predicted octanol–water partition coefficient (Wildman–Crippen LogP) is 4.07. The molecule has 162 valence electrons. The zero-order chi connectivity index (χ0) is 22.5. The van der Waals surface area contributed by atoms with Gasteiger partial charge in [0.2, 0.25) is 0 Å². The van der Waals surface area contributed by atoms with Gasteiger partial charge in [-0.15, -0.1) is 0 Å². The molecule has 0 spiro atoms. The van der Waals surface area contributed by atoms with Crippen molar-refractivity contribution < 1.29 is 22.7 Å². The lowest BCUT2D eigenvalue weighted by atomic mass is 10.0. The molecule has 4 rings (SSSR count). The molecule has 1 amide bonds. The van der Waals surface area contributed by atoms with Crippen molar-refractivity contribution in [1.29, 1.82) is 0 Å². The average Bonchev–Trinajstić information content (AvgIpc) is 2.68. The van der Waals surface area contributed by atoms with Gasteiger partial charge in [-0.2, -0.15) is 13.2 Å². The fourth-order valence-corrected chi connectivity index (χ4v) is 3.50. The number of nitrogens with two attached hydrogens (primary N) is 1. The molecule has 0 fully saturated rings. The third kappa shape index (κ3) is 3.92. The van der Waals surface area contributed by atoms with E-state index in [1.54, 1.807) is 33.0 Å². The molecule has 2 heterocycles. The Morgan fingerprint density at radius 3 is 2.65 bits per heavy atom. The summed E-state index contributed by atoms with van der Waals surface area (Å²) < 4.78 is 45.1. The SMILES string of the molecule is Cc1nc(N[C@H](C)c2cc(N)cc(C(F)(F)F)c2)c2cc3c(cc2n1)OCC(=O)N3C. The van der Waals surface area contributed by atoms with E-state index in [4.69, 9.17) is 10.5 Å². The topological polar surface area (TPSA) is 93.4 Å². The van der Waals surface area contributed by atoms with Gasteiger partial charge in [0.05, 0.1) is 22.8 Å². The monoisotopic (exact) mass is 431 g/mol. The van der Waals surface area contributed by atoms with Crippen LogP contribution in [0.1, 0.15) is 29.9 Å². The summed E-state index contributed by atoms with van der Waals surface area (Å²) in [5.41, 5.74) is 6.43. The molecule has 3 aromatic rings. The second-order valence-corrected chi connectivity index (χ2v) is 7.45. The number of carbonyl (C=O) groups excluding carboxylic acids is 1. The summed E-state index contributed by atoms with van der Waals surface area (Å²) in [4.78, 5) is 22.3. The summed E-state index contributed by atoms with van der Waals surface area (Å²) in [7, 11) is 1.64. The van der Waals surface area contributed by atoms with Gasteiger partial charge < -0.3 is 20.7 Å². The molecule has 7 nitrogen and oxygen atoms in total. The number of carbonyl (C=O) groups is 1. The van der Waals surface area contributed by atoms with E-state index < -0.39 is 17.8 Å². The summed E-state index contributed by atoms with van der Waals surface area (Å²) in [5, 5.41) is 3.77. The first-order valence-electron chi connectivity index (χ1n) is 9.49. The van der Waals surface area contributed by atoms with Gasteiger partial charge in [0.25, 0.3) is 5.91 Å². The van der Waals surface area contributed by atoms with Crippen LogP contribution in [0.5, 0.6) is 5.75 Å². The van der Waals surface area contributed by atoms with Gasteiger partial charge >= 0.3 is 6.18 Å². The minimum Gasteiger partial charge on any atom is -0.481 e. The van der Waals surface area contributed by atoms with Gasteiger partial charge in [0.15, 0.2) is 6.61 Å². The minimum atomic E-state index is -4.50. The fourth-order valence-electron chi connectivity index (χ4n) is 3.50. The molecule has 0 aliphatic carbocycles. The fraction of sp³-hybridized carbons (Fsp3) is 0.286. The van der Waals surface area contributed by atoms with Crippen LogP contribution in [0, 0.1) is 6.92 Å². The second kappa shape index (κ2) is 7.29. The summed E-state index contributed by atoms with van der Waals surface area (Å²) in [6.07, 6.45) is -4.50. The first-order valence-corrected chi connectivity index (χ1v) is 9.49. The normalized spacial score (nSPS) is 14.9. The van der Waals surface area contributed by atoms with Crippen molar-refractivity contribution in [2.24, 2.45) is 0 Å². The molecule has 0 unspecified atom stereocenters. The number of anilines is 3. The van der Waals surface area contributed by atoms with E-state index in [0.29, 0.717) is 39.5 Å². The summed E-state index contributed by atoms with van der Waals surface area (Å²) in [6.45, 7) is 3.38. The number of hydrogen-bond donors (Lipinski definition) is 2. The Balaban J connectivity index is 1.76. The molecule has 2 aromatic carbocycles. The number of aromatic nitrogens is 2. The Labute approximate surface area is 176 Å². The lowest BCUT2D eigenvalue weighted by molar-refractivity contribution is -0.137. The van der Waals surface area contributed by atoms with Crippen molar-refractivity contribution in [3.8, 4) is 5.75 Å². The van der Waals surface area contributed by atoms with Gasteiger partial charge in [0.1, 0.15) is 17.4 Å². The lowest BCUT2D eigenvalue weighted by Gasteiger charge is -2.26. The summed E-state index contributed by atoms with van der Waals surface area (Å²) in [6, 6.07) is 6.38. The predicted molar refractivity (Wildman–Crippen MR) is 111 cm³/mol. The molecule has 0 saturated heterocycles. The second-order valence-electron chi connectivity index (χ2n) is 7.45. The zero-order valence-corrected chi connectivity index (χ0v) is 17.0. The maximum Gasteiger partial charge on any atom is 0.416 e. The minimum absolute atomic E-state index is 0.0218. The highest BCUT2D eigenvalue weighted by Crippen LogP contribution is 2.38. The van der Waals surface area contributed by atoms with Crippen LogP contribution in [-0.2, 0) is 11.0 Å². The smallest absolute Gasteiger partial charge is 0.416 e. The molecule has 10 heteroatoms. The number of aryl methyl sites for hydroxylation is 1. The van der Waals surface area contributed by atoms with Crippen LogP contribution in [0.3, 0.4) is 0 Å². The number of hydrogen-bond acceptors (Lipinski definition) is 6. The highest BCUT2D eigenvalue weighted by molar-refractivity contribution is 6.02. The number of fused-ring (bicyclic) bond motifs is 2. The standard InChI is InChI=1S/C21H20F3N5O2/c1-10(12-4-13(21(22,23)24)6-14(25)5-12)26-20-15-7-17-18(31-9-19(30)29(17)3)8-16(15)27-11(2)28-20/h4-8,10H,9,25H2,1-3H3,(H,26,27,28)/t10-/m1/s1. The number of nitrogens with one attached hydrogen (secondary N) is 1. The van der Waals surface area contributed by atoms with E-state index in [2.05, 4.69) is 15.3 Å². The highest BCUT2D eigenvalue weighted by Gasteiger charge is 2.31. The zero-order valence-electron chi connectivity index (χ0n) is 17.0. The van der Waals surface area contributed by atoms with Gasteiger partial charge in [-0.1, -0.05) is 0 Å². The van der Waals surface area contributed by atoms with Crippen LogP contribution in [0.2, 0.25) is 0 Å². The Bertz CT molecular complexity index is 1200. The summed E-state index contributed by atoms with van der Waals surface area (Å²) in [5.74, 6) is 1.24. The number of nitrogens with zero attached hydrogens (tertiary/aromatic N) is 3. The van der Waals surface area contributed by atoms with Crippen molar-refractivity contribution in [2.45, 2.75) is 26.1 Å². The third-order valence-corrected chi connectivity index (χ3v) is 5.13. The molecule has 1 aromatic heterocycles. The number of amides is 1. The van der Waals surface area contributed by atoms with Crippen LogP contribution in [-0.4, -0.2) is 29.5 Å². The van der Waals surface area contributed by atoms with Crippen LogP contribution in [0.4, 0.5) is 30.4 Å². The van der Waals surface area contributed by atoms with Crippen LogP contribution in [0.25, 0.3) is 10.9 Å². The largest absolute Gasteiger partial charge is 0.481 e. The lowest BCUT2D eigenvalue weighted by Crippen LogP contribution is -2.35. The number of nitrogen functional groups attached to an aromatic ring is 1. The summed E-state index contributed by atoms with van der Waals surface area (Å²) >= 11 is 0. The van der Waals surface area contributed by atoms with Crippen molar-refractivity contribution >= 4 is 34.0 Å². The van der Waals surface area contributed by atoms with E-state index in [9.17, 15) is 18.0 Å². The van der Waals surface area contributed by atoms with Crippen LogP contribution < -0.4 is 20.7 Å². The number of rotatable bonds is 3. The Hall–Kier alpha value is -3.56. The van der Waals surface area contributed by atoms with E-state index in [0.717, 1.165) is 12.1 Å². The highest BCUT2D eigenvalue weighted by atomic mass is 19.4. The maximum atomic E-state index is 13.2. The molecular formula is C21H20F3N5O2. The van der Waals surface area contributed by atoms with Crippen molar-refractivity contribution in [3.05, 3.63) is 47.3 Å². The van der Waals surface area contributed by atoms with Gasteiger partial charge in [-0.05, 0) is 43.7 Å². The van der Waals surface area contributed by atoms with Crippen LogP contribution in [0.15, 0.2) is 30.3 Å². The quantitative estimate of drug-likeness (QED) is 0.608. The van der Waals surface area contributed by atoms with E-state index in [-0.39, 0.29) is 18.2 Å². The number of likely N-dealkylation sites (N-methyl/N-ethyl adjacent to an activating group) is 1. The molecule has 0 bridgehead atoms. The number of halogens is 3. The van der Waals surface area contributed by atoms with Crippen molar-refractivity contribution in [2.75, 3.05) is 29.6 Å². The molecule has 1 aliphatic rings. The Morgan fingerprint density at radius 1 is 1.19 bits per heavy atom. The molecule has 0 radical (unpaired) electrons. The van der Waals surface area contributed by atoms with Gasteiger partial charge in [-0.25, -0.2) is 9.97 Å². The molecule has 0 saturated carbocycles. The number of alkyl halides is 3. The molecule has 1 atom stereocenters. The molecular weight excluding hydrogens is 411 g/mol. The maximum absolute atomic E-state index is 13.2. The Morgan fingerprint density at radius 2 is 1.94 bits per heavy atom. The van der Waals surface area contributed by atoms with Crippen molar-refractivity contribution in [1.82, 2.24) is 9.97 Å². The van der Waals surface area contributed by atoms with E-state index in [1.807, 2.05) is 0 Å². The van der Waals surface area contributed by atoms with Gasteiger partial charge in [-0.3, -0.25) is 4.79 Å². The first-order chi connectivity index (χ1) is 14.5.